The highest BCUT2D eigenvalue weighted by molar-refractivity contribution is 9.10. The summed E-state index contributed by atoms with van der Waals surface area (Å²) in [6.45, 7) is 3.15. The third-order valence-corrected chi connectivity index (χ3v) is 4.10. The van der Waals surface area contributed by atoms with Crippen LogP contribution in [0.15, 0.2) is 20.3 Å². The highest BCUT2D eigenvalue weighted by Crippen LogP contribution is 2.33. The summed E-state index contributed by atoms with van der Waals surface area (Å²) >= 11 is 3.00. The topological polar surface area (TPSA) is 143 Å². The number of aromatic amines is 1. The van der Waals surface area contributed by atoms with E-state index in [0.717, 1.165) is 24.6 Å². The molecule has 2 rings (SSSR count). The van der Waals surface area contributed by atoms with Gasteiger partial charge in [-0.3, -0.25) is 28.7 Å². The Bertz CT molecular complexity index is 862. The van der Waals surface area contributed by atoms with E-state index in [-0.39, 0.29) is 11.1 Å². The zero-order valence-corrected chi connectivity index (χ0v) is 16.2. The van der Waals surface area contributed by atoms with Gasteiger partial charge in [0.25, 0.3) is 5.56 Å². The number of rotatable bonds is 5. The van der Waals surface area contributed by atoms with E-state index in [0.29, 0.717) is 0 Å². The average molecular weight is 449 g/mol. The second-order valence-electron chi connectivity index (χ2n) is 5.66. The summed E-state index contributed by atoms with van der Waals surface area (Å²) in [5.74, 6) is -2.00. The number of hydrogen-bond acceptors (Lipinski definition) is 9. The number of ether oxygens (including phenoxy) is 4. The molecule has 12 heteroatoms. The van der Waals surface area contributed by atoms with Gasteiger partial charge in [-0.05, 0) is 15.9 Å². The molecule has 1 fully saturated rings. The van der Waals surface area contributed by atoms with E-state index >= 15 is 0 Å². The summed E-state index contributed by atoms with van der Waals surface area (Å²) < 4.78 is 22.0. The minimum atomic E-state index is -1.24. The molecular formula is C15H17BrN2O9. The molecule has 1 saturated heterocycles. The number of esters is 3. The molecule has 1 aromatic heterocycles. The lowest BCUT2D eigenvalue weighted by Gasteiger charge is -2.23. The molecule has 0 aliphatic carbocycles. The lowest BCUT2D eigenvalue weighted by molar-refractivity contribution is -0.166. The number of carbonyl (C=O) groups is 3. The van der Waals surface area contributed by atoms with Gasteiger partial charge in [-0.15, -0.1) is 0 Å². The maximum Gasteiger partial charge on any atom is 0.330 e. The van der Waals surface area contributed by atoms with Crippen molar-refractivity contribution in [2.45, 2.75) is 45.3 Å². The SMILES string of the molecule is CC(=O)OCC1OC(n2cc(Br)c(=O)[nH]c2=O)C(OC(C)=O)C1OC(C)=O. The van der Waals surface area contributed by atoms with Crippen LogP contribution in [0.4, 0.5) is 0 Å². The van der Waals surface area contributed by atoms with Gasteiger partial charge in [0.1, 0.15) is 12.7 Å². The standard InChI is InChI=1S/C15H17BrN2O9/c1-6(19)24-5-10-11(25-7(2)20)12(26-8(3)21)14(27-10)18-4-9(16)13(22)17-15(18)23/h4,10-12,14H,5H2,1-3H3,(H,17,22,23). The fourth-order valence-corrected chi connectivity index (χ4v) is 2.89. The molecule has 0 amide bonds. The van der Waals surface area contributed by atoms with Crippen LogP contribution in [0, 0.1) is 0 Å². The second kappa shape index (κ2) is 8.48. The van der Waals surface area contributed by atoms with Gasteiger partial charge in [0.15, 0.2) is 18.4 Å². The maximum atomic E-state index is 12.2. The Kier molecular flexibility index (Phi) is 6.54. The van der Waals surface area contributed by atoms with E-state index in [1.165, 1.54) is 6.92 Å². The fraction of sp³-hybridized carbons (Fsp3) is 0.533. The average Bonchev–Trinajstić information content (AvgIpc) is 2.85. The smallest absolute Gasteiger partial charge is 0.330 e. The predicted octanol–water partition coefficient (Wildman–Crippen LogP) is -0.377. The van der Waals surface area contributed by atoms with Crippen LogP contribution in [0.1, 0.15) is 27.0 Å². The number of carbonyl (C=O) groups excluding carboxylic acids is 3. The van der Waals surface area contributed by atoms with E-state index in [9.17, 15) is 24.0 Å². The number of hydrogen-bond donors (Lipinski definition) is 1. The highest BCUT2D eigenvalue weighted by Gasteiger charge is 2.51. The van der Waals surface area contributed by atoms with Crippen LogP contribution >= 0.6 is 15.9 Å². The minimum absolute atomic E-state index is 0.0275. The Balaban J connectivity index is 2.47. The van der Waals surface area contributed by atoms with Crippen molar-refractivity contribution in [2.75, 3.05) is 6.61 Å². The van der Waals surface area contributed by atoms with Crippen molar-refractivity contribution in [1.82, 2.24) is 9.55 Å². The number of halogens is 1. The summed E-state index contributed by atoms with van der Waals surface area (Å²) in [7, 11) is 0. The van der Waals surface area contributed by atoms with E-state index in [1.807, 2.05) is 0 Å². The van der Waals surface area contributed by atoms with Crippen molar-refractivity contribution in [2.24, 2.45) is 0 Å². The summed E-state index contributed by atoms with van der Waals surface area (Å²) in [5, 5.41) is 0. The van der Waals surface area contributed by atoms with Crippen LogP contribution < -0.4 is 11.2 Å². The van der Waals surface area contributed by atoms with Gasteiger partial charge < -0.3 is 18.9 Å². The van der Waals surface area contributed by atoms with E-state index in [1.54, 1.807) is 0 Å². The van der Waals surface area contributed by atoms with Gasteiger partial charge in [-0.1, -0.05) is 0 Å². The molecule has 4 unspecified atom stereocenters. The first-order chi connectivity index (χ1) is 12.6. The Morgan fingerprint density at radius 2 is 1.70 bits per heavy atom. The normalized spacial score (nSPS) is 24.3. The monoisotopic (exact) mass is 448 g/mol. The highest BCUT2D eigenvalue weighted by atomic mass is 79.9. The third-order valence-electron chi connectivity index (χ3n) is 3.54. The Morgan fingerprint density at radius 3 is 2.26 bits per heavy atom. The Labute approximate surface area is 160 Å². The van der Waals surface area contributed by atoms with Crippen LogP contribution in [-0.2, 0) is 33.3 Å². The minimum Gasteiger partial charge on any atom is -0.463 e. The summed E-state index contributed by atoms with van der Waals surface area (Å²) in [6.07, 6.45) is -3.46. The van der Waals surface area contributed by atoms with Crippen LogP contribution in [0.5, 0.6) is 0 Å². The van der Waals surface area contributed by atoms with Crippen molar-refractivity contribution in [3.63, 3.8) is 0 Å². The first kappa shape index (κ1) is 20.8. The summed E-state index contributed by atoms with van der Waals surface area (Å²) in [5.41, 5.74) is -1.49. The van der Waals surface area contributed by atoms with Crippen LogP contribution in [0.3, 0.4) is 0 Å². The quantitative estimate of drug-likeness (QED) is 0.470. The molecule has 4 atom stereocenters. The fourth-order valence-electron chi connectivity index (χ4n) is 2.57. The molecule has 27 heavy (non-hydrogen) atoms. The predicted molar refractivity (Wildman–Crippen MR) is 90.7 cm³/mol. The van der Waals surface area contributed by atoms with Gasteiger partial charge in [-0.2, -0.15) is 0 Å². The number of nitrogens with one attached hydrogen (secondary N) is 1. The van der Waals surface area contributed by atoms with Gasteiger partial charge in [0.2, 0.25) is 0 Å². The lowest BCUT2D eigenvalue weighted by atomic mass is 10.1. The molecule has 0 bridgehead atoms. The Hall–Kier alpha value is -2.47. The van der Waals surface area contributed by atoms with Crippen molar-refractivity contribution >= 4 is 33.8 Å². The van der Waals surface area contributed by atoms with Crippen molar-refractivity contribution in [1.29, 1.82) is 0 Å². The maximum absolute atomic E-state index is 12.2. The molecule has 2 heterocycles. The van der Waals surface area contributed by atoms with Crippen LogP contribution in [-0.4, -0.2) is 52.4 Å². The first-order valence-electron chi connectivity index (χ1n) is 7.74. The van der Waals surface area contributed by atoms with Crippen LogP contribution in [0.2, 0.25) is 0 Å². The van der Waals surface area contributed by atoms with Crippen LogP contribution in [0.25, 0.3) is 0 Å². The molecule has 0 radical (unpaired) electrons. The molecule has 0 spiro atoms. The molecule has 0 saturated carbocycles. The molecule has 1 aliphatic rings. The largest absolute Gasteiger partial charge is 0.463 e. The number of H-pyrrole nitrogens is 1. The molecule has 0 aromatic carbocycles. The third kappa shape index (κ3) is 5.04. The summed E-state index contributed by atoms with van der Waals surface area (Å²) in [4.78, 5) is 59.9. The van der Waals surface area contributed by atoms with Gasteiger partial charge in [-0.25, -0.2) is 4.79 Å². The number of nitrogens with zero attached hydrogens (tertiary/aromatic N) is 1. The zero-order chi connectivity index (χ0) is 20.3. The second-order valence-corrected chi connectivity index (χ2v) is 6.51. The van der Waals surface area contributed by atoms with Gasteiger partial charge in [0, 0.05) is 27.0 Å². The summed E-state index contributed by atoms with van der Waals surface area (Å²) in [6, 6.07) is 0. The molecule has 1 aromatic rings. The zero-order valence-electron chi connectivity index (χ0n) is 14.6. The molecular weight excluding hydrogens is 432 g/mol. The van der Waals surface area contributed by atoms with Crippen molar-refractivity contribution < 1.29 is 33.3 Å². The van der Waals surface area contributed by atoms with E-state index in [2.05, 4.69) is 20.9 Å². The van der Waals surface area contributed by atoms with Crippen molar-refractivity contribution in [3.05, 3.63) is 31.5 Å². The molecule has 1 N–H and O–H groups in total. The Morgan fingerprint density at radius 1 is 1.11 bits per heavy atom. The number of aromatic nitrogens is 2. The lowest BCUT2D eigenvalue weighted by Crippen LogP contribution is -2.42. The molecule has 1 aliphatic heterocycles. The van der Waals surface area contributed by atoms with Gasteiger partial charge in [0.05, 0.1) is 4.47 Å². The van der Waals surface area contributed by atoms with E-state index < -0.39 is 53.7 Å². The molecule has 11 nitrogen and oxygen atoms in total. The first-order valence-corrected chi connectivity index (χ1v) is 8.53. The molecule has 148 valence electrons. The van der Waals surface area contributed by atoms with E-state index in [4.69, 9.17) is 18.9 Å². The van der Waals surface area contributed by atoms with Crippen molar-refractivity contribution in [3.8, 4) is 0 Å². The van der Waals surface area contributed by atoms with Gasteiger partial charge >= 0.3 is 23.6 Å².